The Bertz CT molecular complexity index is 928. The number of rotatable bonds is 7. The monoisotopic (exact) mass is 451 g/mol. The topological polar surface area (TPSA) is 30.8 Å². The highest BCUT2D eigenvalue weighted by Crippen LogP contribution is 2.32. The maximum Gasteiger partial charge on any atom is 0.461 e. The molecular weight excluding hydrogens is 432 g/mol. The normalized spacial score (nSPS) is 13.0. The van der Waals surface area contributed by atoms with Crippen LogP contribution >= 0.6 is 11.9 Å². The number of halogens is 6. The Morgan fingerprint density at radius 2 is 1.67 bits per heavy atom. The lowest BCUT2D eigenvalue weighted by molar-refractivity contribution is -0.253. The average molecular weight is 451 g/mol. The zero-order valence-electron chi connectivity index (χ0n) is 16.5. The van der Waals surface area contributed by atoms with Crippen molar-refractivity contribution in [2.45, 2.75) is 38.1 Å². The van der Waals surface area contributed by atoms with E-state index in [4.69, 9.17) is 4.74 Å². The molecule has 0 heterocycles. The molecule has 0 aliphatic rings. The summed E-state index contributed by atoms with van der Waals surface area (Å²) in [6.07, 6.45) is -8.91. The Morgan fingerprint density at radius 1 is 1.00 bits per heavy atom. The summed E-state index contributed by atoms with van der Waals surface area (Å²) in [5.74, 6) is -2.57. The Morgan fingerprint density at radius 3 is 2.23 bits per heavy atom. The highest BCUT2D eigenvalue weighted by atomic mass is 32.2. The zero-order valence-corrected chi connectivity index (χ0v) is 17.3. The molecule has 0 unspecified atom stereocenters. The van der Waals surface area contributed by atoms with Gasteiger partial charge in [0.05, 0.1) is 12.8 Å². The van der Waals surface area contributed by atoms with E-state index in [1.807, 2.05) is 20.8 Å². The van der Waals surface area contributed by atoms with Crippen LogP contribution in [-0.4, -0.2) is 30.1 Å². The summed E-state index contributed by atoms with van der Waals surface area (Å²) in [5.41, 5.74) is 0.362. The molecule has 0 atom stereocenters. The van der Waals surface area contributed by atoms with Gasteiger partial charge in [0.1, 0.15) is 11.6 Å². The van der Waals surface area contributed by atoms with Gasteiger partial charge in [-0.2, -0.15) is 17.6 Å². The summed E-state index contributed by atoms with van der Waals surface area (Å²) in [7, 11) is 1.25. The second-order valence-electron chi connectivity index (χ2n) is 7.13. The first-order valence-electron chi connectivity index (χ1n) is 8.58. The third-order valence-electron chi connectivity index (χ3n) is 3.49. The number of hydrogen-bond acceptors (Lipinski definition) is 4. The van der Waals surface area contributed by atoms with Crippen LogP contribution in [0.25, 0.3) is 0 Å². The molecule has 0 aliphatic heterocycles. The van der Waals surface area contributed by atoms with Crippen LogP contribution in [0.3, 0.4) is 0 Å². The number of ether oxygens (including phenoxy) is 2. The summed E-state index contributed by atoms with van der Waals surface area (Å²) in [4.78, 5) is 0. The highest BCUT2D eigenvalue weighted by Gasteiger charge is 2.44. The first-order chi connectivity index (χ1) is 13.8. The SMILES string of the molecule is COc1cc(/C(=N/SC(C)(C)C)c2cc(F)cc(OC(F)(F)C(F)F)c2)ccc1F. The van der Waals surface area contributed by atoms with Crippen molar-refractivity contribution in [1.29, 1.82) is 0 Å². The molecule has 0 aromatic heterocycles. The summed E-state index contributed by atoms with van der Waals surface area (Å²) in [6.45, 7) is 5.56. The lowest BCUT2D eigenvalue weighted by atomic mass is 10.0. The number of methoxy groups -OCH3 is 1. The molecule has 164 valence electrons. The van der Waals surface area contributed by atoms with Gasteiger partial charge in [0, 0.05) is 21.9 Å². The Hall–Kier alpha value is -2.36. The second kappa shape index (κ2) is 9.20. The third-order valence-corrected chi connectivity index (χ3v) is 4.31. The molecule has 0 saturated heterocycles. The number of hydrogen-bond donors (Lipinski definition) is 0. The van der Waals surface area contributed by atoms with Gasteiger partial charge in [-0.05, 0) is 63.1 Å². The van der Waals surface area contributed by atoms with Crippen LogP contribution in [0.5, 0.6) is 11.5 Å². The minimum atomic E-state index is -4.80. The molecule has 2 aromatic rings. The molecule has 10 heteroatoms. The predicted molar refractivity (Wildman–Crippen MR) is 104 cm³/mol. The van der Waals surface area contributed by atoms with Gasteiger partial charge < -0.3 is 9.47 Å². The maximum atomic E-state index is 14.1. The van der Waals surface area contributed by atoms with Crippen molar-refractivity contribution in [3.8, 4) is 11.5 Å². The quantitative estimate of drug-likeness (QED) is 0.274. The molecule has 3 nitrogen and oxygen atoms in total. The maximum absolute atomic E-state index is 14.1. The molecule has 0 aliphatic carbocycles. The van der Waals surface area contributed by atoms with Gasteiger partial charge in [0.2, 0.25) is 0 Å². The van der Waals surface area contributed by atoms with E-state index in [-0.39, 0.29) is 21.8 Å². The molecule has 30 heavy (non-hydrogen) atoms. The van der Waals surface area contributed by atoms with E-state index in [0.29, 0.717) is 11.6 Å². The van der Waals surface area contributed by atoms with Crippen molar-refractivity contribution in [3.05, 3.63) is 59.2 Å². The van der Waals surface area contributed by atoms with E-state index in [0.717, 1.165) is 30.1 Å². The van der Waals surface area contributed by atoms with Crippen LogP contribution < -0.4 is 9.47 Å². The third kappa shape index (κ3) is 6.32. The smallest absolute Gasteiger partial charge is 0.461 e. The fourth-order valence-electron chi connectivity index (χ4n) is 2.22. The summed E-state index contributed by atoms with van der Waals surface area (Å²) in [6, 6.07) is 6.24. The number of benzene rings is 2. The van der Waals surface area contributed by atoms with Crippen LogP contribution in [0.2, 0.25) is 0 Å². The van der Waals surface area contributed by atoms with Gasteiger partial charge in [-0.3, -0.25) is 0 Å². The van der Waals surface area contributed by atoms with Crippen LogP contribution in [-0.2, 0) is 0 Å². The molecular formula is C20H19F6NO2S. The molecule has 2 aromatic carbocycles. The van der Waals surface area contributed by atoms with E-state index >= 15 is 0 Å². The first-order valence-corrected chi connectivity index (χ1v) is 9.36. The average Bonchev–Trinajstić information content (AvgIpc) is 2.61. The van der Waals surface area contributed by atoms with Gasteiger partial charge in [-0.15, -0.1) is 0 Å². The molecule has 0 amide bonds. The minimum absolute atomic E-state index is 0.0273. The van der Waals surface area contributed by atoms with E-state index in [2.05, 4.69) is 9.13 Å². The number of nitrogens with zero attached hydrogens (tertiary/aromatic N) is 1. The van der Waals surface area contributed by atoms with Crippen molar-refractivity contribution < 1.29 is 35.8 Å². The highest BCUT2D eigenvalue weighted by molar-refractivity contribution is 7.99. The first kappa shape index (κ1) is 23.9. The largest absolute Gasteiger partial charge is 0.494 e. The van der Waals surface area contributed by atoms with Gasteiger partial charge in [0.15, 0.2) is 11.6 Å². The molecule has 0 fully saturated rings. The van der Waals surface area contributed by atoms with E-state index in [9.17, 15) is 26.3 Å². The van der Waals surface area contributed by atoms with Gasteiger partial charge in [0.25, 0.3) is 0 Å². The molecule has 0 spiro atoms. The van der Waals surface area contributed by atoms with E-state index < -0.39 is 29.9 Å². The fourth-order valence-corrected chi connectivity index (χ4v) is 2.80. The van der Waals surface area contributed by atoms with Crippen LogP contribution in [0.15, 0.2) is 40.8 Å². The van der Waals surface area contributed by atoms with E-state index in [1.54, 1.807) is 0 Å². The molecule has 0 saturated carbocycles. The second-order valence-corrected chi connectivity index (χ2v) is 8.72. The van der Waals surface area contributed by atoms with Crippen molar-refractivity contribution in [2.24, 2.45) is 4.40 Å². The molecule has 0 N–H and O–H groups in total. The molecule has 0 bridgehead atoms. The summed E-state index contributed by atoms with van der Waals surface area (Å²) >= 11 is 1.10. The van der Waals surface area contributed by atoms with Crippen molar-refractivity contribution >= 4 is 17.7 Å². The van der Waals surface area contributed by atoms with Crippen LogP contribution in [0, 0.1) is 11.6 Å². The lowest BCUT2D eigenvalue weighted by Crippen LogP contribution is -2.33. The Kier molecular flexibility index (Phi) is 7.33. The van der Waals surface area contributed by atoms with Crippen molar-refractivity contribution in [3.63, 3.8) is 0 Å². The van der Waals surface area contributed by atoms with Crippen molar-refractivity contribution in [2.75, 3.05) is 7.11 Å². The van der Waals surface area contributed by atoms with Gasteiger partial charge >= 0.3 is 12.5 Å². The minimum Gasteiger partial charge on any atom is -0.494 e. The molecule has 0 radical (unpaired) electrons. The lowest BCUT2D eigenvalue weighted by Gasteiger charge is -2.18. The van der Waals surface area contributed by atoms with Gasteiger partial charge in [-0.1, -0.05) is 0 Å². The van der Waals surface area contributed by atoms with Crippen LogP contribution in [0.1, 0.15) is 31.9 Å². The summed E-state index contributed by atoms with van der Waals surface area (Å²) < 4.78 is 92.3. The van der Waals surface area contributed by atoms with Crippen molar-refractivity contribution in [1.82, 2.24) is 0 Å². The van der Waals surface area contributed by atoms with E-state index in [1.165, 1.54) is 19.2 Å². The van der Waals surface area contributed by atoms with Gasteiger partial charge in [-0.25, -0.2) is 13.2 Å². The molecule has 2 rings (SSSR count). The predicted octanol–water partition coefficient (Wildman–Crippen LogP) is 6.49. The fraction of sp³-hybridized carbons (Fsp3) is 0.350. The van der Waals surface area contributed by atoms with Crippen LogP contribution in [0.4, 0.5) is 26.3 Å². The number of alkyl halides is 4. The Labute approximate surface area is 174 Å². The Balaban J connectivity index is 2.59. The zero-order chi connectivity index (χ0) is 22.7. The standard InChI is InChI=1S/C20H19F6NO2S/c1-19(2,3)30-27-17(11-5-6-15(22)16(9-11)28-4)12-7-13(21)10-14(8-12)29-20(25,26)18(23)24/h5-10,18H,1-4H3/b27-17-. The summed E-state index contributed by atoms with van der Waals surface area (Å²) in [5, 5.41) is 0.